The van der Waals surface area contributed by atoms with Crippen LogP contribution in [0.25, 0.3) is 0 Å². The molecule has 94 valence electrons. The molecule has 0 fully saturated rings. The third-order valence-corrected chi connectivity index (χ3v) is 2.75. The third kappa shape index (κ3) is 3.04. The van der Waals surface area contributed by atoms with Crippen molar-refractivity contribution in [3.63, 3.8) is 0 Å². The summed E-state index contributed by atoms with van der Waals surface area (Å²) in [5.74, 6) is -0.361. The molecule has 2 N–H and O–H groups in total. The van der Waals surface area contributed by atoms with E-state index < -0.39 is 0 Å². The Hall–Kier alpha value is -1.95. The number of aromatic nitrogens is 1. The smallest absolute Gasteiger partial charge is 0.337 e. The third-order valence-electron chi connectivity index (χ3n) is 2.50. The van der Waals surface area contributed by atoms with Crippen LogP contribution in [-0.2, 0) is 16.1 Å². The summed E-state index contributed by atoms with van der Waals surface area (Å²) in [5.41, 5.74) is 2.00. The normalized spacial score (nSPS) is 14.8. The van der Waals surface area contributed by atoms with Crippen LogP contribution in [0, 0.1) is 0 Å². The summed E-state index contributed by atoms with van der Waals surface area (Å²) in [4.78, 5) is 15.9. The fourth-order valence-electron chi connectivity index (χ4n) is 1.53. The lowest BCUT2D eigenvalue weighted by Crippen LogP contribution is -2.42. The maximum atomic E-state index is 11.9. The van der Waals surface area contributed by atoms with Gasteiger partial charge >= 0.3 is 5.97 Å². The maximum absolute atomic E-state index is 11.9. The van der Waals surface area contributed by atoms with Crippen molar-refractivity contribution in [3.8, 4) is 0 Å². The van der Waals surface area contributed by atoms with Crippen molar-refractivity contribution in [2.45, 2.75) is 13.5 Å². The molecule has 0 spiro atoms. The number of allylic oxidation sites excluding steroid dienone is 1. The van der Waals surface area contributed by atoms with Crippen LogP contribution < -0.4 is 10.6 Å². The second kappa shape index (κ2) is 5.59. The summed E-state index contributed by atoms with van der Waals surface area (Å²) in [6, 6.07) is 5.47. The highest BCUT2D eigenvalue weighted by atomic mass is 32.1. The van der Waals surface area contributed by atoms with E-state index in [9.17, 15) is 4.79 Å². The van der Waals surface area contributed by atoms with Crippen LogP contribution in [0.1, 0.15) is 12.6 Å². The number of nitrogens with zero attached hydrogens (tertiary/aromatic N) is 1. The molecular weight excluding hydrogens is 250 g/mol. The van der Waals surface area contributed by atoms with E-state index in [-0.39, 0.29) is 12.6 Å². The Morgan fingerprint density at radius 1 is 1.56 bits per heavy atom. The van der Waals surface area contributed by atoms with Crippen molar-refractivity contribution in [2.75, 3.05) is 6.54 Å². The molecule has 1 aromatic rings. The summed E-state index contributed by atoms with van der Waals surface area (Å²) < 4.78 is 5.19. The zero-order valence-electron chi connectivity index (χ0n) is 9.90. The molecule has 1 aromatic heterocycles. The Balaban J connectivity index is 1.96. The molecular formula is C12H13N3O2S. The Morgan fingerprint density at radius 2 is 2.39 bits per heavy atom. The van der Waals surface area contributed by atoms with E-state index in [1.807, 2.05) is 12.1 Å². The van der Waals surface area contributed by atoms with Crippen LogP contribution in [0.4, 0.5) is 0 Å². The van der Waals surface area contributed by atoms with E-state index in [0.717, 1.165) is 11.4 Å². The molecule has 0 aromatic carbocycles. The van der Waals surface area contributed by atoms with Gasteiger partial charge in [-0.2, -0.15) is 0 Å². The lowest BCUT2D eigenvalue weighted by molar-refractivity contribution is -0.140. The summed E-state index contributed by atoms with van der Waals surface area (Å²) in [6.45, 7) is 2.35. The van der Waals surface area contributed by atoms with Crippen LogP contribution in [0.3, 0.4) is 0 Å². The predicted octanol–water partition coefficient (Wildman–Crippen LogP) is 0.877. The van der Waals surface area contributed by atoms with Gasteiger partial charge in [-0.25, -0.2) is 4.79 Å². The SMILES string of the molecule is CC1=C(C(=O)OCc2ccccn2)CNC(=S)N1. The zero-order chi connectivity index (χ0) is 13.0. The summed E-state index contributed by atoms with van der Waals surface area (Å²) in [5, 5.41) is 6.30. The van der Waals surface area contributed by atoms with Gasteiger partial charge in [-0.05, 0) is 31.3 Å². The van der Waals surface area contributed by atoms with E-state index in [1.54, 1.807) is 19.2 Å². The largest absolute Gasteiger partial charge is 0.456 e. The molecule has 2 heterocycles. The molecule has 0 aliphatic carbocycles. The Morgan fingerprint density at radius 3 is 3.06 bits per heavy atom. The van der Waals surface area contributed by atoms with Crippen LogP contribution in [0.15, 0.2) is 35.7 Å². The number of rotatable bonds is 3. The van der Waals surface area contributed by atoms with Crippen molar-refractivity contribution in [1.29, 1.82) is 0 Å². The van der Waals surface area contributed by atoms with Crippen molar-refractivity contribution in [1.82, 2.24) is 15.6 Å². The summed E-state index contributed by atoms with van der Waals surface area (Å²) in [7, 11) is 0. The zero-order valence-corrected chi connectivity index (χ0v) is 10.7. The van der Waals surface area contributed by atoms with Crippen LogP contribution >= 0.6 is 12.2 Å². The minimum Gasteiger partial charge on any atom is -0.456 e. The first kappa shape index (κ1) is 12.5. The second-order valence-corrected chi connectivity index (χ2v) is 4.22. The minimum atomic E-state index is -0.361. The first-order chi connectivity index (χ1) is 8.66. The predicted molar refractivity (Wildman–Crippen MR) is 70.5 cm³/mol. The molecule has 2 rings (SSSR count). The van der Waals surface area contributed by atoms with E-state index in [4.69, 9.17) is 17.0 Å². The van der Waals surface area contributed by atoms with Gasteiger partial charge in [0.15, 0.2) is 5.11 Å². The molecule has 18 heavy (non-hydrogen) atoms. The number of hydrogen-bond acceptors (Lipinski definition) is 4. The standard InChI is InChI=1S/C12H13N3O2S/c1-8-10(6-14-12(18)15-8)11(16)17-7-9-4-2-3-5-13-9/h2-5H,6-7H2,1H3,(H2,14,15,18). The quantitative estimate of drug-likeness (QED) is 0.623. The fraction of sp³-hybridized carbons (Fsp3) is 0.250. The van der Waals surface area contributed by atoms with E-state index in [2.05, 4.69) is 15.6 Å². The first-order valence-corrected chi connectivity index (χ1v) is 5.89. The number of thiocarbonyl (C=S) groups is 1. The van der Waals surface area contributed by atoms with Gasteiger partial charge in [0.25, 0.3) is 0 Å². The van der Waals surface area contributed by atoms with Crippen molar-refractivity contribution in [2.24, 2.45) is 0 Å². The molecule has 5 nitrogen and oxygen atoms in total. The number of carbonyl (C=O) groups is 1. The van der Waals surface area contributed by atoms with Gasteiger partial charge in [-0.3, -0.25) is 4.98 Å². The van der Waals surface area contributed by atoms with Crippen LogP contribution in [-0.4, -0.2) is 22.6 Å². The van der Waals surface area contributed by atoms with Crippen LogP contribution in [0.5, 0.6) is 0 Å². The molecule has 0 radical (unpaired) electrons. The van der Waals surface area contributed by atoms with E-state index >= 15 is 0 Å². The van der Waals surface area contributed by atoms with Gasteiger partial charge in [0.1, 0.15) is 6.61 Å². The highest BCUT2D eigenvalue weighted by molar-refractivity contribution is 7.80. The second-order valence-electron chi connectivity index (χ2n) is 3.81. The van der Waals surface area contributed by atoms with Gasteiger partial charge in [-0.1, -0.05) is 6.07 Å². The number of nitrogens with one attached hydrogen (secondary N) is 2. The summed E-state index contributed by atoms with van der Waals surface area (Å²) in [6.07, 6.45) is 1.66. The highest BCUT2D eigenvalue weighted by Crippen LogP contribution is 2.08. The minimum absolute atomic E-state index is 0.168. The van der Waals surface area contributed by atoms with Crippen molar-refractivity contribution >= 4 is 23.3 Å². The monoisotopic (exact) mass is 263 g/mol. The molecule has 1 aliphatic rings. The van der Waals surface area contributed by atoms with Crippen molar-refractivity contribution < 1.29 is 9.53 Å². The summed E-state index contributed by atoms with van der Waals surface area (Å²) >= 11 is 4.94. The first-order valence-electron chi connectivity index (χ1n) is 5.48. The van der Waals surface area contributed by atoms with Gasteiger partial charge in [0, 0.05) is 11.9 Å². The number of carbonyl (C=O) groups excluding carboxylic acids is 1. The lowest BCUT2D eigenvalue weighted by Gasteiger charge is -2.20. The molecule has 6 heteroatoms. The molecule has 0 bridgehead atoms. The molecule has 0 unspecified atom stereocenters. The van der Waals surface area contributed by atoms with Gasteiger partial charge < -0.3 is 15.4 Å². The molecule has 0 saturated heterocycles. The lowest BCUT2D eigenvalue weighted by atomic mass is 10.2. The van der Waals surface area contributed by atoms with Gasteiger partial charge in [0.2, 0.25) is 0 Å². The average molecular weight is 263 g/mol. The van der Waals surface area contributed by atoms with E-state index in [1.165, 1.54) is 0 Å². The van der Waals surface area contributed by atoms with Crippen LogP contribution in [0.2, 0.25) is 0 Å². The Kier molecular flexibility index (Phi) is 3.88. The molecule has 0 atom stereocenters. The highest BCUT2D eigenvalue weighted by Gasteiger charge is 2.19. The van der Waals surface area contributed by atoms with Crippen molar-refractivity contribution in [3.05, 3.63) is 41.4 Å². The maximum Gasteiger partial charge on any atom is 0.337 e. The molecule has 0 saturated carbocycles. The fourth-order valence-corrected chi connectivity index (χ4v) is 1.75. The number of ether oxygens (including phenoxy) is 1. The average Bonchev–Trinajstić information content (AvgIpc) is 2.37. The van der Waals surface area contributed by atoms with Gasteiger partial charge in [0.05, 0.1) is 17.8 Å². The Bertz CT molecular complexity index is 499. The molecule has 0 amide bonds. The molecule has 1 aliphatic heterocycles. The van der Waals surface area contributed by atoms with E-state index in [0.29, 0.717) is 17.2 Å². The number of hydrogen-bond donors (Lipinski definition) is 2. The number of esters is 1. The topological polar surface area (TPSA) is 63.2 Å². The Labute approximate surface area is 110 Å². The number of pyridine rings is 1. The van der Waals surface area contributed by atoms with Gasteiger partial charge in [-0.15, -0.1) is 0 Å².